The molecule has 6 nitrogen and oxygen atoms in total. The first-order chi connectivity index (χ1) is 10.8. The van der Waals surface area contributed by atoms with E-state index < -0.39 is 0 Å². The van der Waals surface area contributed by atoms with E-state index in [1.807, 2.05) is 0 Å². The molecule has 0 radical (unpaired) electrons. The van der Waals surface area contributed by atoms with Gasteiger partial charge in [-0.3, -0.25) is 4.99 Å². The molecule has 0 aromatic carbocycles. The Kier molecular flexibility index (Phi) is 11.1. The monoisotopic (exact) mass is 314 g/mol. The van der Waals surface area contributed by atoms with Crippen molar-refractivity contribution in [2.24, 2.45) is 10.9 Å². The van der Waals surface area contributed by atoms with Crippen molar-refractivity contribution < 1.29 is 9.47 Å². The van der Waals surface area contributed by atoms with E-state index in [4.69, 9.17) is 14.5 Å². The van der Waals surface area contributed by atoms with Gasteiger partial charge in [-0.05, 0) is 45.2 Å². The molecule has 0 unspecified atom stereocenters. The largest absolute Gasteiger partial charge is 0.385 e. The molecule has 0 atom stereocenters. The van der Waals surface area contributed by atoms with Gasteiger partial charge in [0.15, 0.2) is 5.96 Å². The summed E-state index contributed by atoms with van der Waals surface area (Å²) in [4.78, 5) is 7.22. The number of ether oxygens (including phenoxy) is 2. The molecule has 1 rings (SSSR count). The van der Waals surface area contributed by atoms with Gasteiger partial charge >= 0.3 is 0 Å². The molecule has 1 fully saturated rings. The average molecular weight is 314 g/mol. The van der Waals surface area contributed by atoms with Crippen LogP contribution in [0.4, 0.5) is 0 Å². The van der Waals surface area contributed by atoms with Gasteiger partial charge in [-0.15, -0.1) is 0 Å². The smallest absolute Gasteiger partial charge is 0.191 e. The third-order valence-electron chi connectivity index (χ3n) is 3.99. The van der Waals surface area contributed by atoms with Crippen LogP contribution in [0, 0.1) is 5.92 Å². The van der Waals surface area contributed by atoms with Crippen molar-refractivity contribution in [2.75, 3.05) is 66.7 Å². The number of nitrogens with zero attached hydrogens (tertiary/aromatic N) is 2. The van der Waals surface area contributed by atoms with Crippen molar-refractivity contribution in [3.63, 3.8) is 0 Å². The van der Waals surface area contributed by atoms with E-state index in [-0.39, 0.29) is 0 Å². The van der Waals surface area contributed by atoms with E-state index in [0.717, 1.165) is 51.8 Å². The van der Waals surface area contributed by atoms with E-state index >= 15 is 0 Å². The maximum atomic E-state index is 5.14. The van der Waals surface area contributed by atoms with Gasteiger partial charge in [-0.25, -0.2) is 0 Å². The summed E-state index contributed by atoms with van der Waals surface area (Å²) in [5.41, 5.74) is 0. The van der Waals surface area contributed by atoms with Crippen LogP contribution in [0.2, 0.25) is 0 Å². The lowest BCUT2D eigenvalue weighted by Gasteiger charge is -2.31. The number of hydrogen-bond donors (Lipinski definition) is 2. The lowest BCUT2D eigenvalue weighted by Crippen LogP contribution is -2.39. The van der Waals surface area contributed by atoms with E-state index in [1.54, 1.807) is 14.2 Å². The minimum Gasteiger partial charge on any atom is -0.385 e. The van der Waals surface area contributed by atoms with Crippen LogP contribution in [0.3, 0.4) is 0 Å². The van der Waals surface area contributed by atoms with Crippen molar-refractivity contribution in [3.8, 4) is 0 Å². The third-order valence-corrected chi connectivity index (χ3v) is 3.99. The Morgan fingerprint density at radius 1 is 1.14 bits per heavy atom. The second kappa shape index (κ2) is 12.7. The Balaban J connectivity index is 2.25. The normalized spacial score (nSPS) is 17.7. The van der Waals surface area contributed by atoms with Crippen LogP contribution in [-0.2, 0) is 9.47 Å². The fourth-order valence-electron chi connectivity index (χ4n) is 2.60. The Bertz CT molecular complexity index is 292. The highest BCUT2D eigenvalue weighted by molar-refractivity contribution is 5.79. The summed E-state index contributed by atoms with van der Waals surface area (Å²) in [6.07, 6.45) is 3.46. The molecule has 0 spiro atoms. The summed E-state index contributed by atoms with van der Waals surface area (Å²) < 4.78 is 10.2. The molecule has 6 heteroatoms. The zero-order chi connectivity index (χ0) is 16.0. The maximum absolute atomic E-state index is 5.14. The molecule has 0 aromatic heterocycles. The summed E-state index contributed by atoms with van der Waals surface area (Å²) in [6, 6.07) is 0. The molecule has 1 aliphatic heterocycles. The van der Waals surface area contributed by atoms with E-state index in [2.05, 4.69) is 22.5 Å². The number of likely N-dealkylation sites (tertiary alicyclic amines) is 1. The predicted molar refractivity (Wildman–Crippen MR) is 91.5 cm³/mol. The van der Waals surface area contributed by atoms with Crippen LogP contribution in [0.1, 0.15) is 26.2 Å². The first-order valence-corrected chi connectivity index (χ1v) is 8.52. The molecule has 0 amide bonds. The Morgan fingerprint density at radius 2 is 1.86 bits per heavy atom. The van der Waals surface area contributed by atoms with Gasteiger partial charge in [-0.1, -0.05) is 0 Å². The van der Waals surface area contributed by atoms with E-state index in [0.29, 0.717) is 5.92 Å². The zero-order valence-corrected chi connectivity index (χ0v) is 14.6. The van der Waals surface area contributed by atoms with Crippen LogP contribution in [0.15, 0.2) is 4.99 Å². The van der Waals surface area contributed by atoms with Crippen LogP contribution in [-0.4, -0.2) is 77.6 Å². The van der Waals surface area contributed by atoms with Gasteiger partial charge in [-0.2, -0.15) is 0 Å². The van der Waals surface area contributed by atoms with Gasteiger partial charge in [0.2, 0.25) is 0 Å². The minimum absolute atomic E-state index is 0.702. The van der Waals surface area contributed by atoms with Crippen molar-refractivity contribution in [1.82, 2.24) is 15.5 Å². The van der Waals surface area contributed by atoms with Gasteiger partial charge in [0.25, 0.3) is 0 Å². The number of guanidine groups is 1. The number of methoxy groups -OCH3 is 2. The van der Waals surface area contributed by atoms with Crippen molar-refractivity contribution in [2.45, 2.75) is 26.2 Å². The standard InChI is InChI=1S/C16H34N4O2/c1-4-17-16(18-8-5-12-21-2)19-14-15-6-9-20(10-7-15)11-13-22-3/h15H,4-14H2,1-3H3,(H2,17,18,19). The average Bonchev–Trinajstić information content (AvgIpc) is 2.55. The molecular formula is C16H34N4O2. The van der Waals surface area contributed by atoms with E-state index in [1.165, 1.54) is 25.9 Å². The van der Waals surface area contributed by atoms with Crippen LogP contribution >= 0.6 is 0 Å². The summed E-state index contributed by atoms with van der Waals surface area (Å²) in [6.45, 7) is 9.81. The van der Waals surface area contributed by atoms with Gasteiger partial charge in [0.1, 0.15) is 0 Å². The SMILES string of the molecule is CCNC(=NCC1CCN(CCOC)CC1)NCCCOC. The molecule has 1 aliphatic rings. The molecule has 0 aromatic rings. The quantitative estimate of drug-likeness (QED) is 0.357. The first-order valence-electron chi connectivity index (χ1n) is 8.52. The first kappa shape index (κ1) is 19.2. The number of rotatable bonds is 10. The molecule has 0 aliphatic carbocycles. The van der Waals surface area contributed by atoms with Crippen molar-refractivity contribution in [3.05, 3.63) is 0 Å². The second-order valence-corrected chi connectivity index (χ2v) is 5.77. The van der Waals surface area contributed by atoms with Gasteiger partial charge < -0.3 is 25.0 Å². The fraction of sp³-hybridized carbons (Fsp3) is 0.938. The molecule has 0 bridgehead atoms. The highest BCUT2D eigenvalue weighted by Gasteiger charge is 2.18. The predicted octanol–water partition coefficient (Wildman–Crippen LogP) is 0.936. The summed E-state index contributed by atoms with van der Waals surface area (Å²) in [7, 11) is 3.50. The number of hydrogen-bond acceptors (Lipinski definition) is 4. The molecule has 2 N–H and O–H groups in total. The lowest BCUT2D eigenvalue weighted by atomic mass is 9.97. The van der Waals surface area contributed by atoms with Gasteiger partial charge in [0.05, 0.1) is 6.61 Å². The number of nitrogens with one attached hydrogen (secondary N) is 2. The molecule has 1 saturated heterocycles. The van der Waals surface area contributed by atoms with Crippen LogP contribution in [0.25, 0.3) is 0 Å². The molecule has 0 saturated carbocycles. The number of piperidine rings is 1. The molecule has 130 valence electrons. The molecule has 1 heterocycles. The lowest BCUT2D eigenvalue weighted by molar-refractivity contribution is 0.121. The minimum atomic E-state index is 0.702. The zero-order valence-electron chi connectivity index (χ0n) is 14.6. The Labute approximate surface area is 135 Å². The summed E-state index contributed by atoms with van der Waals surface area (Å²) in [5, 5.41) is 6.67. The van der Waals surface area contributed by atoms with Crippen molar-refractivity contribution >= 4 is 5.96 Å². The third kappa shape index (κ3) is 8.56. The second-order valence-electron chi connectivity index (χ2n) is 5.77. The van der Waals surface area contributed by atoms with Gasteiger partial charge in [0, 0.05) is 47.0 Å². The molecular weight excluding hydrogens is 280 g/mol. The highest BCUT2D eigenvalue weighted by atomic mass is 16.5. The fourth-order valence-corrected chi connectivity index (χ4v) is 2.60. The Hall–Kier alpha value is -0.850. The van der Waals surface area contributed by atoms with E-state index in [9.17, 15) is 0 Å². The van der Waals surface area contributed by atoms with Crippen LogP contribution in [0.5, 0.6) is 0 Å². The Morgan fingerprint density at radius 3 is 2.50 bits per heavy atom. The van der Waals surface area contributed by atoms with Crippen molar-refractivity contribution in [1.29, 1.82) is 0 Å². The summed E-state index contributed by atoms with van der Waals surface area (Å²) in [5.74, 6) is 1.63. The highest BCUT2D eigenvalue weighted by Crippen LogP contribution is 2.17. The van der Waals surface area contributed by atoms with Crippen LogP contribution < -0.4 is 10.6 Å². The number of aliphatic imine (C=N–C) groups is 1. The maximum Gasteiger partial charge on any atom is 0.191 e. The topological polar surface area (TPSA) is 58.1 Å². The summed E-state index contributed by atoms with van der Waals surface area (Å²) >= 11 is 0. The molecule has 22 heavy (non-hydrogen) atoms.